The molecule has 2 fully saturated rings. The molecule has 0 saturated carbocycles. The Balaban J connectivity index is 1.78. The third kappa shape index (κ3) is 1.84. The molecular formula is C16H14N2O4. The highest BCUT2D eigenvalue weighted by Crippen LogP contribution is 2.44. The van der Waals surface area contributed by atoms with Crippen molar-refractivity contribution in [3.05, 3.63) is 54.0 Å². The summed E-state index contributed by atoms with van der Waals surface area (Å²) in [7, 11) is 0. The molecule has 2 aliphatic rings. The number of benzene rings is 1. The van der Waals surface area contributed by atoms with Crippen molar-refractivity contribution in [2.75, 3.05) is 5.06 Å². The first-order chi connectivity index (χ1) is 10.6. The van der Waals surface area contributed by atoms with Gasteiger partial charge in [-0.05, 0) is 31.2 Å². The number of imide groups is 1. The van der Waals surface area contributed by atoms with Crippen molar-refractivity contribution in [2.24, 2.45) is 5.92 Å². The van der Waals surface area contributed by atoms with Gasteiger partial charge in [0.2, 0.25) is 5.91 Å². The van der Waals surface area contributed by atoms with Crippen molar-refractivity contribution >= 4 is 17.5 Å². The summed E-state index contributed by atoms with van der Waals surface area (Å²) in [5, 5.41) is 3.92. The van der Waals surface area contributed by atoms with Gasteiger partial charge >= 0.3 is 0 Å². The molecule has 2 saturated heterocycles. The minimum atomic E-state index is -0.816. The predicted octanol–water partition coefficient (Wildman–Crippen LogP) is 1.72. The third-order valence-electron chi connectivity index (χ3n) is 4.08. The number of nitrogens with one attached hydrogen (secondary N) is 1. The van der Waals surface area contributed by atoms with E-state index in [1.54, 1.807) is 23.5 Å². The Morgan fingerprint density at radius 3 is 2.55 bits per heavy atom. The highest BCUT2D eigenvalue weighted by Gasteiger charge is 2.57. The molecule has 1 aromatic heterocycles. The second kappa shape index (κ2) is 4.71. The number of rotatable bonds is 2. The van der Waals surface area contributed by atoms with Crippen LogP contribution in [0.3, 0.4) is 0 Å². The molecule has 0 spiro atoms. The fourth-order valence-corrected chi connectivity index (χ4v) is 3.00. The third-order valence-corrected chi connectivity index (χ3v) is 4.08. The van der Waals surface area contributed by atoms with Gasteiger partial charge in [0.15, 0.2) is 6.10 Å². The summed E-state index contributed by atoms with van der Waals surface area (Å²) >= 11 is 0. The zero-order chi connectivity index (χ0) is 15.3. The molecule has 0 unspecified atom stereocenters. The second-order valence-corrected chi connectivity index (χ2v) is 5.53. The Morgan fingerprint density at radius 2 is 1.86 bits per heavy atom. The second-order valence-electron chi connectivity index (χ2n) is 5.53. The number of carbonyl (C=O) groups is 2. The molecule has 3 heterocycles. The van der Waals surface area contributed by atoms with E-state index in [9.17, 15) is 9.59 Å². The topological polar surface area (TPSA) is 71.8 Å². The van der Waals surface area contributed by atoms with E-state index in [0.717, 1.165) is 11.3 Å². The van der Waals surface area contributed by atoms with Crippen molar-refractivity contribution in [3.63, 3.8) is 0 Å². The molecule has 2 aromatic rings. The van der Waals surface area contributed by atoms with Gasteiger partial charge in [0.1, 0.15) is 17.7 Å². The SMILES string of the molecule is Cc1ccc(N2O[C@H]3C(=O)NC(=O)[C@@H]3[C@H]2c2ccco2)cc1. The maximum Gasteiger partial charge on any atom is 0.259 e. The van der Waals surface area contributed by atoms with Crippen molar-refractivity contribution in [2.45, 2.75) is 19.1 Å². The molecule has 6 nitrogen and oxygen atoms in total. The first-order valence-corrected chi connectivity index (χ1v) is 7.06. The standard InChI is InChI=1S/C16H14N2O4/c1-9-4-6-10(7-5-9)18-13(11-3-2-8-21-11)12-14(22-18)16(20)17-15(12)19/h2-8,12-14H,1H3,(H,17,19,20)/t12-,13-,14-/m1/s1. The van der Waals surface area contributed by atoms with Crippen molar-refractivity contribution in [3.8, 4) is 0 Å². The molecule has 6 heteroatoms. The van der Waals surface area contributed by atoms with Gasteiger partial charge in [-0.25, -0.2) is 5.06 Å². The molecule has 1 N–H and O–H groups in total. The van der Waals surface area contributed by atoms with Crippen LogP contribution in [-0.2, 0) is 14.4 Å². The number of anilines is 1. The van der Waals surface area contributed by atoms with Gasteiger partial charge < -0.3 is 4.42 Å². The van der Waals surface area contributed by atoms with E-state index in [1.165, 1.54) is 0 Å². The van der Waals surface area contributed by atoms with Crippen LogP contribution in [-0.4, -0.2) is 17.9 Å². The van der Waals surface area contributed by atoms with Crippen LogP contribution in [0, 0.1) is 12.8 Å². The summed E-state index contributed by atoms with van der Waals surface area (Å²) in [6.45, 7) is 1.99. The van der Waals surface area contributed by atoms with Crippen molar-refractivity contribution < 1.29 is 18.8 Å². The summed E-state index contributed by atoms with van der Waals surface area (Å²) in [4.78, 5) is 29.8. The van der Waals surface area contributed by atoms with Crippen LogP contribution >= 0.6 is 0 Å². The van der Waals surface area contributed by atoms with Gasteiger partial charge in [-0.3, -0.25) is 19.7 Å². The summed E-state index contributed by atoms with van der Waals surface area (Å²) < 4.78 is 5.47. The van der Waals surface area contributed by atoms with Gasteiger partial charge in [0.25, 0.3) is 5.91 Å². The average molecular weight is 298 g/mol. The molecule has 0 aliphatic carbocycles. The van der Waals surface area contributed by atoms with E-state index in [0.29, 0.717) is 5.76 Å². The average Bonchev–Trinajstić information content (AvgIpc) is 3.19. The first kappa shape index (κ1) is 13.1. The zero-order valence-electron chi connectivity index (χ0n) is 11.9. The van der Waals surface area contributed by atoms with Gasteiger partial charge in [-0.2, -0.15) is 0 Å². The molecule has 22 heavy (non-hydrogen) atoms. The van der Waals surface area contributed by atoms with Crippen LogP contribution in [0.25, 0.3) is 0 Å². The lowest BCUT2D eigenvalue weighted by atomic mass is 9.94. The number of hydroxylamine groups is 1. The van der Waals surface area contributed by atoms with Gasteiger partial charge in [0, 0.05) is 0 Å². The zero-order valence-corrected chi connectivity index (χ0v) is 11.9. The van der Waals surface area contributed by atoms with E-state index in [-0.39, 0.29) is 5.91 Å². The van der Waals surface area contributed by atoms with E-state index in [1.807, 2.05) is 31.2 Å². The predicted molar refractivity (Wildman–Crippen MR) is 76.6 cm³/mol. The van der Waals surface area contributed by atoms with E-state index in [4.69, 9.17) is 9.25 Å². The highest BCUT2D eigenvalue weighted by molar-refractivity contribution is 6.07. The van der Waals surface area contributed by atoms with E-state index >= 15 is 0 Å². The lowest BCUT2D eigenvalue weighted by Crippen LogP contribution is -2.33. The highest BCUT2D eigenvalue weighted by atomic mass is 16.7. The lowest BCUT2D eigenvalue weighted by molar-refractivity contribution is -0.129. The molecule has 1 aromatic carbocycles. The monoisotopic (exact) mass is 298 g/mol. The summed E-state index contributed by atoms with van der Waals surface area (Å²) in [5.41, 5.74) is 1.90. The Hall–Kier alpha value is -2.60. The van der Waals surface area contributed by atoms with Crippen LogP contribution < -0.4 is 10.4 Å². The van der Waals surface area contributed by atoms with Crippen LogP contribution in [0.15, 0.2) is 47.1 Å². The maximum absolute atomic E-state index is 12.1. The number of carbonyl (C=O) groups excluding carboxylic acids is 2. The number of nitrogens with zero attached hydrogens (tertiary/aromatic N) is 1. The summed E-state index contributed by atoms with van der Waals surface area (Å²) in [5.74, 6) is -0.745. The van der Waals surface area contributed by atoms with Gasteiger partial charge in [-0.15, -0.1) is 0 Å². The van der Waals surface area contributed by atoms with Gasteiger partial charge in [0.05, 0.1) is 12.0 Å². The lowest BCUT2D eigenvalue weighted by Gasteiger charge is -2.25. The van der Waals surface area contributed by atoms with E-state index < -0.39 is 24.0 Å². The molecule has 3 atom stereocenters. The number of fused-ring (bicyclic) bond motifs is 1. The molecular weight excluding hydrogens is 284 g/mol. The Labute approximate surface area is 126 Å². The number of aryl methyl sites for hydroxylation is 1. The van der Waals surface area contributed by atoms with E-state index in [2.05, 4.69) is 5.32 Å². The van der Waals surface area contributed by atoms with Crippen LogP contribution in [0.5, 0.6) is 0 Å². The molecule has 0 bridgehead atoms. The Morgan fingerprint density at radius 1 is 1.09 bits per heavy atom. The van der Waals surface area contributed by atoms with Crippen LogP contribution in [0.4, 0.5) is 5.69 Å². The van der Waals surface area contributed by atoms with Crippen molar-refractivity contribution in [1.29, 1.82) is 0 Å². The van der Waals surface area contributed by atoms with Crippen LogP contribution in [0.2, 0.25) is 0 Å². The minimum absolute atomic E-state index is 0.328. The fraction of sp³-hybridized carbons (Fsp3) is 0.250. The van der Waals surface area contributed by atoms with Gasteiger partial charge in [-0.1, -0.05) is 17.7 Å². The van der Waals surface area contributed by atoms with Crippen LogP contribution in [0.1, 0.15) is 17.4 Å². The quantitative estimate of drug-likeness (QED) is 0.855. The Bertz CT molecular complexity index is 723. The Kier molecular flexibility index (Phi) is 2.80. The number of hydrogen-bond acceptors (Lipinski definition) is 5. The molecule has 4 rings (SSSR count). The number of amides is 2. The maximum atomic E-state index is 12.1. The largest absolute Gasteiger partial charge is 0.467 e. The molecule has 2 amide bonds. The summed E-state index contributed by atoms with van der Waals surface area (Å²) in [6.07, 6.45) is 0.730. The summed E-state index contributed by atoms with van der Waals surface area (Å²) in [6, 6.07) is 10.8. The number of furan rings is 1. The smallest absolute Gasteiger partial charge is 0.259 e. The molecule has 0 radical (unpaired) electrons. The molecule has 112 valence electrons. The molecule has 2 aliphatic heterocycles. The minimum Gasteiger partial charge on any atom is -0.467 e. The fourth-order valence-electron chi connectivity index (χ4n) is 3.00. The number of hydrogen-bond donors (Lipinski definition) is 1. The first-order valence-electron chi connectivity index (χ1n) is 7.06. The normalized spacial score (nSPS) is 27.1. The van der Waals surface area contributed by atoms with Crippen molar-refractivity contribution in [1.82, 2.24) is 5.32 Å².